The van der Waals surface area contributed by atoms with E-state index in [9.17, 15) is 9.59 Å². The molecular weight excluding hydrogens is 322 g/mol. The van der Waals surface area contributed by atoms with Gasteiger partial charge in [0.15, 0.2) is 0 Å². The molecule has 1 atom stereocenters. The van der Waals surface area contributed by atoms with Crippen molar-refractivity contribution in [3.05, 3.63) is 36.2 Å². The van der Waals surface area contributed by atoms with E-state index in [1.165, 1.54) is 18.3 Å². The lowest BCUT2D eigenvalue weighted by molar-refractivity contribution is -0.127. The Morgan fingerprint density at radius 3 is 2.88 bits per heavy atom. The number of amides is 1. The van der Waals surface area contributed by atoms with Gasteiger partial charge in [-0.2, -0.15) is 0 Å². The van der Waals surface area contributed by atoms with Crippen LogP contribution < -0.4 is 5.32 Å². The van der Waals surface area contributed by atoms with Crippen molar-refractivity contribution in [1.82, 2.24) is 19.9 Å². The fraction of sp³-hybridized carbons (Fsp3) is 0.353. The van der Waals surface area contributed by atoms with Gasteiger partial charge in [-0.1, -0.05) is 6.92 Å². The smallest absolute Gasteiger partial charge is 0.335 e. The number of hydrogen-bond donors (Lipinski definition) is 2. The van der Waals surface area contributed by atoms with Crippen LogP contribution in [0.1, 0.15) is 30.1 Å². The molecule has 0 unspecified atom stereocenters. The number of carboxylic acids is 1. The maximum atomic E-state index is 11.9. The van der Waals surface area contributed by atoms with Crippen LogP contribution in [0.3, 0.4) is 0 Å². The molecular formula is C17H19N5O3. The highest BCUT2D eigenvalue weighted by molar-refractivity contribution is 5.88. The lowest BCUT2D eigenvalue weighted by atomic mass is 10.2. The Kier molecular flexibility index (Phi) is 4.87. The summed E-state index contributed by atoms with van der Waals surface area (Å²) in [6.45, 7) is 3.43. The topological polar surface area (TPSA) is 108 Å². The molecule has 1 amide bonds. The van der Waals surface area contributed by atoms with Crippen molar-refractivity contribution in [2.45, 2.75) is 25.8 Å². The summed E-state index contributed by atoms with van der Waals surface area (Å²) in [5.74, 6) is -0.487. The Morgan fingerprint density at radius 2 is 2.12 bits per heavy atom. The summed E-state index contributed by atoms with van der Waals surface area (Å²) in [6.07, 6.45) is 4.36. The van der Waals surface area contributed by atoms with Crippen LogP contribution in [0.2, 0.25) is 0 Å². The summed E-state index contributed by atoms with van der Waals surface area (Å²) in [5, 5.41) is 12.3. The average molecular weight is 341 g/mol. The number of hydrogen-bond acceptors (Lipinski definition) is 6. The lowest BCUT2D eigenvalue weighted by Gasteiger charge is -2.16. The van der Waals surface area contributed by atoms with E-state index < -0.39 is 5.97 Å². The highest BCUT2D eigenvalue weighted by atomic mass is 16.4. The Balaban J connectivity index is 1.75. The summed E-state index contributed by atoms with van der Waals surface area (Å²) in [5.41, 5.74) is 1.13. The highest BCUT2D eigenvalue weighted by Gasteiger charge is 2.29. The Hall–Kier alpha value is -3.03. The number of carbonyl (C=O) groups excluding carboxylic acids is 1. The Labute approximate surface area is 144 Å². The SMILES string of the molecule is CCCN1C[C@@H](Nc2nccc(-c3cc(C(=O)O)ccn3)n2)CC1=O. The molecule has 1 aliphatic rings. The number of carboxylic acid groups (broad SMARTS) is 1. The first-order valence-electron chi connectivity index (χ1n) is 8.14. The molecule has 1 fully saturated rings. The number of likely N-dealkylation sites (tertiary alicyclic amines) is 1. The van der Waals surface area contributed by atoms with Gasteiger partial charge in [-0.25, -0.2) is 14.8 Å². The van der Waals surface area contributed by atoms with Gasteiger partial charge in [0.1, 0.15) is 0 Å². The van der Waals surface area contributed by atoms with Gasteiger partial charge in [0, 0.05) is 31.9 Å². The van der Waals surface area contributed by atoms with E-state index in [1.54, 1.807) is 12.3 Å². The van der Waals surface area contributed by atoms with Gasteiger partial charge in [0.2, 0.25) is 11.9 Å². The minimum atomic E-state index is -1.02. The first-order chi connectivity index (χ1) is 12.1. The molecule has 3 rings (SSSR count). The third kappa shape index (κ3) is 3.90. The van der Waals surface area contributed by atoms with Crippen LogP contribution in [0.15, 0.2) is 30.6 Å². The summed E-state index contributed by atoms with van der Waals surface area (Å²) in [4.78, 5) is 37.6. The number of carbonyl (C=O) groups is 2. The number of anilines is 1. The van der Waals surface area contributed by atoms with Crippen LogP contribution in [0.5, 0.6) is 0 Å². The molecule has 8 heteroatoms. The van der Waals surface area contributed by atoms with Crippen LogP contribution >= 0.6 is 0 Å². The normalized spacial score (nSPS) is 16.9. The van der Waals surface area contributed by atoms with Gasteiger partial charge in [0.25, 0.3) is 0 Å². The number of aromatic nitrogens is 3. The van der Waals surface area contributed by atoms with E-state index in [0.29, 0.717) is 30.3 Å². The molecule has 1 aliphatic heterocycles. The Morgan fingerprint density at radius 1 is 1.32 bits per heavy atom. The number of nitrogens with zero attached hydrogens (tertiary/aromatic N) is 4. The molecule has 3 heterocycles. The molecule has 25 heavy (non-hydrogen) atoms. The third-order valence-corrected chi connectivity index (χ3v) is 3.97. The predicted octanol–water partition coefficient (Wildman–Crippen LogP) is 1.66. The maximum Gasteiger partial charge on any atom is 0.335 e. The summed E-state index contributed by atoms with van der Waals surface area (Å²) >= 11 is 0. The molecule has 0 bridgehead atoms. The highest BCUT2D eigenvalue weighted by Crippen LogP contribution is 2.19. The standard InChI is InChI=1S/C17H19N5O3/c1-2-7-22-10-12(9-15(22)23)20-17-19-6-4-13(21-17)14-8-11(16(24)25)3-5-18-14/h3-6,8,12H,2,7,9-10H2,1H3,(H,24,25)(H,19,20,21)/t12-/m0/s1. The monoisotopic (exact) mass is 341 g/mol. The fourth-order valence-electron chi connectivity index (χ4n) is 2.81. The molecule has 130 valence electrons. The molecule has 1 saturated heterocycles. The number of aromatic carboxylic acids is 1. The average Bonchev–Trinajstić information content (AvgIpc) is 2.95. The predicted molar refractivity (Wildman–Crippen MR) is 91.1 cm³/mol. The molecule has 2 aromatic rings. The zero-order valence-corrected chi connectivity index (χ0v) is 13.8. The molecule has 0 spiro atoms. The van der Waals surface area contributed by atoms with E-state index >= 15 is 0 Å². The van der Waals surface area contributed by atoms with E-state index in [-0.39, 0.29) is 17.5 Å². The summed E-state index contributed by atoms with van der Waals surface area (Å²) in [7, 11) is 0. The largest absolute Gasteiger partial charge is 0.478 e. The minimum absolute atomic E-state index is 0.0346. The number of rotatable bonds is 6. The van der Waals surface area contributed by atoms with Crippen LogP contribution in [-0.4, -0.2) is 56.0 Å². The molecule has 0 aliphatic carbocycles. The molecule has 0 radical (unpaired) electrons. The van der Waals surface area contributed by atoms with Crippen molar-refractivity contribution in [2.75, 3.05) is 18.4 Å². The van der Waals surface area contributed by atoms with Gasteiger partial charge in [-0.05, 0) is 24.6 Å². The first kappa shape index (κ1) is 16.8. The fourth-order valence-corrected chi connectivity index (χ4v) is 2.81. The Bertz CT molecular complexity index is 795. The van der Waals surface area contributed by atoms with Gasteiger partial charge in [-0.3, -0.25) is 9.78 Å². The number of pyridine rings is 1. The molecule has 8 nitrogen and oxygen atoms in total. The van der Waals surface area contributed by atoms with Crippen molar-refractivity contribution in [3.63, 3.8) is 0 Å². The molecule has 2 N–H and O–H groups in total. The molecule has 2 aromatic heterocycles. The molecule has 0 saturated carbocycles. The van der Waals surface area contributed by atoms with Crippen LogP contribution in [0, 0.1) is 0 Å². The van der Waals surface area contributed by atoms with Gasteiger partial charge in [-0.15, -0.1) is 0 Å². The zero-order valence-electron chi connectivity index (χ0n) is 13.8. The summed E-state index contributed by atoms with van der Waals surface area (Å²) < 4.78 is 0. The molecule has 0 aromatic carbocycles. The van der Waals surface area contributed by atoms with Crippen LogP contribution in [0.25, 0.3) is 11.4 Å². The number of nitrogens with one attached hydrogen (secondary N) is 1. The van der Waals surface area contributed by atoms with Gasteiger partial charge < -0.3 is 15.3 Å². The quantitative estimate of drug-likeness (QED) is 0.822. The minimum Gasteiger partial charge on any atom is -0.478 e. The van der Waals surface area contributed by atoms with Crippen molar-refractivity contribution >= 4 is 17.8 Å². The van der Waals surface area contributed by atoms with E-state index in [1.807, 2.05) is 11.8 Å². The van der Waals surface area contributed by atoms with Gasteiger partial charge >= 0.3 is 5.97 Å². The third-order valence-electron chi connectivity index (χ3n) is 3.97. The zero-order chi connectivity index (χ0) is 17.8. The van der Waals surface area contributed by atoms with Crippen LogP contribution in [-0.2, 0) is 4.79 Å². The second-order valence-electron chi connectivity index (χ2n) is 5.89. The summed E-state index contributed by atoms with van der Waals surface area (Å²) in [6, 6.07) is 4.53. The maximum absolute atomic E-state index is 11.9. The second-order valence-corrected chi connectivity index (χ2v) is 5.89. The van der Waals surface area contributed by atoms with Crippen molar-refractivity contribution in [2.24, 2.45) is 0 Å². The van der Waals surface area contributed by atoms with Crippen molar-refractivity contribution < 1.29 is 14.7 Å². The van der Waals surface area contributed by atoms with E-state index in [2.05, 4.69) is 20.3 Å². The van der Waals surface area contributed by atoms with E-state index in [4.69, 9.17) is 5.11 Å². The van der Waals surface area contributed by atoms with Crippen molar-refractivity contribution in [1.29, 1.82) is 0 Å². The first-order valence-corrected chi connectivity index (χ1v) is 8.14. The second kappa shape index (κ2) is 7.25. The van der Waals surface area contributed by atoms with E-state index in [0.717, 1.165) is 13.0 Å². The lowest BCUT2D eigenvalue weighted by Crippen LogP contribution is -2.28. The van der Waals surface area contributed by atoms with Crippen molar-refractivity contribution in [3.8, 4) is 11.4 Å². The van der Waals surface area contributed by atoms with Crippen LogP contribution in [0.4, 0.5) is 5.95 Å². The van der Waals surface area contributed by atoms with Gasteiger partial charge in [0.05, 0.1) is 23.0 Å².